The van der Waals surface area contributed by atoms with Gasteiger partial charge in [-0.05, 0) is 25.0 Å². The molecule has 2 N–H and O–H groups in total. The lowest BCUT2D eigenvalue weighted by molar-refractivity contribution is 0.598. The normalized spacial score (nSPS) is 21.9. The number of hydrogen-bond acceptors (Lipinski definition) is 4. The molecule has 0 aromatic heterocycles. The third-order valence-corrected chi connectivity index (χ3v) is 5.11. The molecule has 1 aromatic rings. The summed E-state index contributed by atoms with van der Waals surface area (Å²) in [6, 6.07) is 7.74. The summed E-state index contributed by atoms with van der Waals surface area (Å²) in [6.07, 6.45) is 1.68. The topological polar surface area (TPSA) is 63.4 Å². The first-order valence-corrected chi connectivity index (χ1v) is 8.17. The van der Waals surface area contributed by atoms with Crippen LogP contribution in [0.3, 0.4) is 0 Å². The fourth-order valence-corrected chi connectivity index (χ4v) is 4.24. The molecule has 5 heteroatoms. The average molecular weight is 268 g/mol. The Balaban J connectivity index is 2.27. The van der Waals surface area contributed by atoms with Crippen LogP contribution in [0.25, 0.3) is 0 Å². The fourth-order valence-electron chi connectivity index (χ4n) is 2.51. The van der Waals surface area contributed by atoms with Gasteiger partial charge in [0.25, 0.3) is 0 Å². The lowest BCUT2D eigenvalue weighted by Gasteiger charge is -2.31. The van der Waals surface area contributed by atoms with Gasteiger partial charge in [-0.1, -0.05) is 19.1 Å². The molecule has 1 unspecified atom stereocenters. The van der Waals surface area contributed by atoms with Gasteiger partial charge in [0.15, 0.2) is 9.84 Å². The molecule has 0 bridgehead atoms. The Morgan fingerprint density at radius 2 is 2.11 bits per heavy atom. The van der Waals surface area contributed by atoms with Crippen LogP contribution in [0.2, 0.25) is 0 Å². The van der Waals surface area contributed by atoms with E-state index in [1.165, 1.54) is 0 Å². The minimum absolute atomic E-state index is 0.0691. The molecule has 1 heterocycles. The van der Waals surface area contributed by atoms with Crippen LogP contribution in [0.1, 0.15) is 19.8 Å². The Hall–Kier alpha value is -1.23. The first-order valence-electron chi connectivity index (χ1n) is 6.35. The molecule has 0 amide bonds. The highest BCUT2D eigenvalue weighted by atomic mass is 32.2. The molecule has 1 aliphatic rings. The third-order valence-electron chi connectivity index (χ3n) is 3.36. The minimum Gasteiger partial charge on any atom is -0.397 e. The van der Waals surface area contributed by atoms with E-state index in [2.05, 4.69) is 11.8 Å². The smallest absolute Gasteiger partial charge is 0.152 e. The van der Waals surface area contributed by atoms with Crippen LogP contribution in [0.5, 0.6) is 0 Å². The van der Waals surface area contributed by atoms with Crippen LogP contribution in [0.4, 0.5) is 11.4 Å². The largest absolute Gasteiger partial charge is 0.397 e. The molecule has 1 saturated heterocycles. The van der Waals surface area contributed by atoms with Crippen molar-refractivity contribution >= 4 is 21.2 Å². The molecule has 0 radical (unpaired) electrons. The number of benzene rings is 1. The van der Waals surface area contributed by atoms with E-state index in [4.69, 9.17) is 5.73 Å². The van der Waals surface area contributed by atoms with Gasteiger partial charge in [0.2, 0.25) is 0 Å². The third kappa shape index (κ3) is 2.77. The highest BCUT2D eigenvalue weighted by Gasteiger charge is 2.32. The summed E-state index contributed by atoms with van der Waals surface area (Å²) < 4.78 is 23.2. The summed E-state index contributed by atoms with van der Waals surface area (Å²) in [5.74, 6) is 0.548. The fraction of sp³-hybridized carbons (Fsp3) is 0.538. The zero-order chi connectivity index (χ0) is 13.2. The zero-order valence-corrected chi connectivity index (χ0v) is 11.5. The van der Waals surface area contributed by atoms with Gasteiger partial charge in [-0.25, -0.2) is 8.42 Å². The molecule has 0 aliphatic carbocycles. The predicted molar refractivity (Wildman–Crippen MR) is 75.6 cm³/mol. The van der Waals surface area contributed by atoms with Gasteiger partial charge < -0.3 is 10.6 Å². The molecule has 0 saturated carbocycles. The van der Waals surface area contributed by atoms with E-state index >= 15 is 0 Å². The number of nitrogen functional groups attached to an aromatic ring is 1. The number of anilines is 2. The Morgan fingerprint density at radius 1 is 1.39 bits per heavy atom. The van der Waals surface area contributed by atoms with Crippen molar-refractivity contribution in [2.24, 2.45) is 0 Å². The van der Waals surface area contributed by atoms with Crippen molar-refractivity contribution in [1.82, 2.24) is 0 Å². The monoisotopic (exact) mass is 268 g/mol. The lowest BCUT2D eigenvalue weighted by Crippen LogP contribution is -2.37. The summed E-state index contributed by atoms with van der Waals surface area (Å²) in [5, 5.41) is 0. The second-order valence-electron chi connectivity index (χ2n) is 4.81. The second kappa shape index (κ2) is 5.18. The van der Waals surface area contributed by atoms with Crippen LogP contribution in [-0.4, -0.2) is 32.5 Å². The number of nitrogens with zero attached hydrogens (tertiary/aromatic N) is 1. The summed E-state index contributed by atoms with van der Waals surface area (Å²) in [4.78, 5) is 2.15. The Morgan fingerprint density at radius 3 is 2.67 bits per heavy atom. The van der Waals surface area contributed by atoms with Crippen molar-refractivity contribution in [3.8, 4) is 0 Å². The van der Waals surface area contributed by atoms with E-state index in [1.54, 1.807) is 0 Å². The first-order chi connectivity index (χ1) is 8.53. The molecule has 18 heavy (non-hydrogen) atoms. The Kier molecular flexibility index (Phi) is 3.80. The van der Waals surface area contributed by atoms with E-state index in [0.29, 0.717) is 12.2 Å². The van der Waals surface area contributed by atoms with E-state index in [9.17, 15) is 8.42 Å². The summed E-state index contributed by atoms with van der Waals surface area (Å²) in [5.41, 5.74) is 7.67. The maximum absolute atomic E-state index is 11.6. The highest BCUT2D eigenvalue weighted by molar-refractivity contribution is 7.91. The van der Waals surface area contributed by atoms with Crippen LogP contribution < -0.4 is 10.6 Å². The number of para-hydroxylation sites is 2. The van der Waals surface area contributed by atoms with Crippen molar-refractivity contribution in [1.29, 1.82) is 0 Å². The Bertz CT molecular complexity index is 513. The van der Waals surface area contributed by atoms with E-state index in [0.717, 1.165) is 24.3 Å². The number of hydrogen-bond donors (Lipinski definition) is 1. The van der Waals surface area contributed by atoms with Gasteiger partial charge in [0.05, 0.1) is 22.9 Å². The van der Waals surface area contributed by atoms with Gasteiger partial charge in [-0.3, -0.25) is 0 Å². The van der Waals surface area contributed by atoms with E-state index in [1.807, 2.05) is 24.3 Å². The maximum Gasteiger partial charge on any atom is 0.152 e. The number of sulfone groups is 1. The molecule has 1 aromatic carbocycles. The standard InChI is InChI=1S/C13H20N2O2S/c1-2-8-15(11-7-9-18(16,17)10-11)13-6-4-3-5-12(13)14/h3-6,11H,2,7-10,14H2,1H3. The summed E-state index contributed by atoms with van der Waals surface area (Å²) in [7, 11) is -2.86. The quantitative estimate of drug-likeness (QED) is 0.844. The zero-order valence-electron chi connectivity index (χ0n) is 10.7. The number of rotatable bonds is 4. The molecule has 4 nitrogen and oxygen atoms in total. The second-order valence-corrected chi connectivity index (χ2v) is 7.04. The van der Waals surface area contributed by atoms with Gasteiger partial charge in [-0.15, -0.1) is 0 Å². The molecular formula is C13H20N2O2S. The summed E-state index contributed by atoms with van der Waals surface area (Å²) >= 11 is 0. The van der Waals surface area contributed by atoms with Crippen molar-refractivity contribution in [2.45, 2.75) is 25.8 Å². The average Bonchev–Trinajstić information content (AvgIpc) is 2.68. The van der Waals surface area contributed by atoms with E-state index < -0.39 is 9.84 Å². The van der Waals surface area contributed by atoms with Gasteiger partial charge in [0.1, 0.15) is 0 Å². The van der Waals surface area contributed by atoms with Crippen molar-refractivity contribution in [3.05, 3.63) is 24.3 Å². The number of nitrogens with two attached hydrogens (primary N) is 1. The van der Waals surface area contributed by atoms with Gasteiger partial charge >= 0.3 is 0 Å². The lowest BCUT2D eigenvalue weighted by atomic mass is 10.1. The van der Waals surface area contributed by atoms with Crippen molar-refractivity contribution in [3.63, 3.8) is 0 Å². The maximum atomic E-state index is 11.6. The molecule has 0 spiro atoms. The predicted octanol–water partition coefficient (Wildman–Crippen LogP) is 1.67. The minimum atomic E-state index is -2.86. The van der Waals surface area contributed by atoms with E-state index in [-0.39, 0.29) is 11.8 Å². The van der Waals surface area contributed by atoms with Crippen molar-refractivity contribution in [2.75, 3.05) is 28.7 Å². The van der Waals surface area contributed by atoms with Crippen LogP contribution >= 0.6 is 0 Å². The van der Waals surface area contributed by atoms with Crippen LogP contribution in [0.15, 0.2) is 24.3 Å². The van der Waals surface area contributed by atoms with Gasteiger partial charge in [-0.2, -0.15) is 0 Å². The first kappa shape index (κ1) is 13.2. The molecule has 1 fully saturated rings. The van der Waals surface area contributed by atoms with Gasteiger partial charge in [0, 0.05) is 12.6 Å². The molecule has 100 valence electrons. The van der Waals surface area contributed by atoms with Crippen LogP contribution in [0, 0.1) is 0 Å². The highest BCUT2D eigenvalue weighted by Crippen LogP contribution is 2.28. The molecule has 2 rings (SSSR count). The molecule has 1 atom stereocenters. The Labute approximate surface area is 109 Å². The SMILES string of the molecule is CCCN(c1ccccc1N)C1CCS(=O)(=O)C1. The van der Waals surface area contributed by atoms with Crippen LogP contribution in [-0.2, 0) is 9.84 Å². The van der Waals surface area contributed by atoms with Crippen molar-refractivity contribution < 1.29 is 8.42 Å². The molecule has 1 aliphatic heterocycles. The molecular weight excluding hydrogens is 248 g/mol. The summed E-state index contributed by atoms with van der Waals surface area (Å²) in [6.45, 7) is 2.93.